The van der Waals surface area contributed by atoms with Gasteiger partial charge in [-0.15, -0.1) is 0 Å². The van der Waals surface area contributed by atoms with Crippen LogP contribution in [0, 0.1) is 0 Å². The van der Waals surface area contributed by atoms with Gasteiger partial charge in [0, 0.05) is 40.9 Å². The zero-order chi connectivity index (χ0) is 35.1. The number of nitrogens with zero attached hydrogens (tertiary/aromatic N) is 1. The normalized spacial score (nSPS) is 18.5. The molecule has 0 N–H and O–H groups in total. The van der Waals surface area contributed by atoms with Crippen LogP contribution in [0.4, 0.5) is 5.69 Å². The van der Waals surface area contributed by atoms with E-state index in [1.165, 1.54) is 50.2 Å². The predicted octanol–water partition coefficient (Wildman–Crippen LogP) is 10.4. The Balaban J connectivity index is 1.22. The van der Waals surface area contributed by atoms with Crippen LogP contribution in [-0.2, 0) is 15.8 Å². The maximum absolute atomic E-state index is 7.72. The molecule has 2 aliphatic carbocycles. The van der Waals surface area contributed by atoms with Crippen molar-refractivity contribution in [3.8, 4) is 33.8 Å². The Hall–Kier alpha value is -6.10. The largest absolute Gasteiger partial charge is 0.497 e. The molecule has 11 rings (SSSR count). The molecule has 7 aromatic carbocycles. The van der Waals surface area contributed by atoms with Gasteiger partial charge in [-0.05, 0) is 86.3 Å². The molecule has 1 spiro atoms. The summed E-state index contributed by atoms with van der Waals surface area (Å²) in [6.07, 6.45) is 4.65. The van der Waals surface area contributed by atoms with Crippen molar-refractivity contribution in [1.82, 2.24) is 0 Å². The second-order valence-electron chi connectivity index (χ2n) is 14.5. The standard InChI is InChI=1S/C49H37NO3/c1-51-35-23-24-38-41(31-35)47-40(25-26-48(53-47,32-11-3-2-4-12-32)33-19-21-34(22-20-33)50-27-29-52-30-28-50)46-45(38)39-15-7-10-18-44(39)49(46)42-16-8-5-13-36(42)37-14-6-9-17-43(37)49/h2-26,31H,27-30H2,1H3. The fourth-order valence-corrected chi connectivity index (χ4v) is 9.78. The summed E-state index contributed by atoms with van der Waals surface area (Å²) in [6.45, 7) is 3.28. The summed E-state index contributed by atoms with van der Waals surface area (Å²) in [4.78, 5) is 2.40. The summed E-state index contributed by atoms with van der Waals surface area (Å²) in [7, 11) is 1.74. The van der Waals surface area contributed by atoms with Crippen LogP contribution in [0.25, 0.3) is 39.1 Å². The van der Waals surface area contributed by atoms with E-state index in [0.29, 0.717) is 0 Å². The maximum atomic E-state index is 7.72. The first kappa shape index (κ1) is 30.5. The third kappa shape index (κ3) is 4.10. The highest BCUT2D eigenvalue weighted by molar-refractivity contribution is 6.11. The van der Waals surface area contributed by atoms with Crippen molar-refractivity contribution < 1.29 is 14.2 Å². The topological polar surface area (TPSA) is 30.9 Å². The van der Waals surface area contributed by atoms with Crippen molar-refractivity contribution in [2.75, 3.05) is 38.3 Å². The number of hydrogen-bond acceptors (Lipinski definition) is 4. The molecule has 0 aromatic heterocycles. The van der Waals surface area contributed by atoms with E-state index >= 15 is 0 Å². The molecule has 4 nitrogen and oxygen atoms in total. The van der Waals surface area contributed by atoms with Crippen LogP contribution < -0.4 is 14.4 Å². The smallest absolute Gasteiger partial charge is 0.178 e. The maximum Gasteiger partial charge on any atom is 0.178 e. The van der Waals surface area contributed by atoms with E-state index in [1.54, 1.807) is 7.11 Å². The zero-order valence-corrected chi connectivity index (χ0v) is 29.5. The van der Waals surface area contributed by atoms with Crippen LogP contribution in [0.5, 0.6) is 11.5 Å². The molecule has 1 unspecified atom stereocenters. The zero-order valence-electron chi connectivity index (χ0n) is 29.5. The first-order valence-electron chi connectivity index (χ1n) is 18.6. The van der Waals surface area contributed by atoms with E-state index < -0.39 is 11.0 Å². The Morgan fingerprint density at radius 1 is 0.604 bits per heavy atom. The molecule has 1 atom stereocenters. The highest BCUT2D eigenvalue weighted by Crippen LogP contribution is 2.66. The molecule has 4 heteroatoms. The van der Waals surface area contributed by atoms with E-state index in [0.717, 1.165) is 65.3 Å². The van der Waals surface area contributed by atoms with E-state index in [9.17, 15) is 0 Å². The fraction of sp³-hybridized carbons (Fsp3) is 0.143. The number of methoxy groups -OCH3 is 1. The summed E-state index contributed by atoms with van der Waals surface area (Å²) in [5.41, 5.74) is 13.4. The second kappa shape index (κ2) is 11.4. The van der Waals surface area contributed by atoms with Crippen molar-refractivity contribution in [1.29, 1.82) is 0 Å². The molecule has 1 saturated heterocycles. The van der Waals surface area contributed by atoms with Gasteiger partial charge in [-0.3, -0.25) is 0 Å². The summed E-state index contributed by atoms with van der Waals surface area (Å²) >= 11 is 0. The van der Waals surface area contributed by atoms with Crippen molar-refractivity contribution in [3.05, 3.63) is 191 Å². The number of morpholine rings is 1. The van der Waals surface area contributed by atoms with Crippen LogP contribution in [0.2, 0.25) is 0 Å². The minimum Gasteiger partial charge on any atom is -0.497 e. The number of hydrogen-bond donors (Lipinski definition) is 0. The molecule has 2 heterocycles. The quantitative estimate of drug-likeness (QED) is 0.184. The van der Waals surface area contributed by atoms with Crippen molar-refractivity contribution in [2.45, 2.75) is 11.0 Å². The third-order valence-corrected chi connectivity index (χ3v) is 12.1. The molecule has 1 fully saturated rings. The number of benzene rings is 7. The molecule has 4 aliphatic rings. The van der Waals surface area contributed by atoms with Gasteiger partial charge in [0.05, 0.1) is 25.7 Å². The van der Waals surface area contributed by atoms with E-state index in [-0.39, 0.29) is 0 Å². The van der Waals surface area contributed by atoms with Crippen LogP contribution in [-0.4, -0.2) is 33.4 Å². The first-order chi connectivity index (χ1) is 26.2. The number of rotatable bonds is 4. The Labute approximate surface area is 309 Å². The van der Waals surface area contributed by atoms with Gasteiger partial charge in [-0.25, -0.2) is 0 Å². The van der Waals surface area contributed by atoms with Crippen LogP contribution in [0.1, 0.15) is 38.9 Å². The Kier molecular flexibility index (Phi) is 6.59. The Morgan fingerprint density at radius 2 is 1.21 bits per heavy atom. The lowest BCUT2D eigenvalue weighted by atomic mass is 9.68. The number of ether oxygens (including phenoxy) is 3. The SMILES string of the molecule is COc1ccc2c3c(c4c(c2c1)OC(c1ccccc1)(c1ccc(N2CCOCC2)cc1)C=C4)C1(c2ccccc2-c2ccccc21)c1ccccc1-3. The van der Waals surface area contributed by atoms with Crippen LogP contribution >= 0.6 is 0 Å². The third-order valence-electron chi connectivity index (χ3n) is 12.1. The molecule has 53 heavy (non-hydrogen) atoms. The average Bonchev–Trinajstić information content (AvgIpc) is 3.72. The van der Waals surface area contributed by atoms with Crippen LogP contribution in [0.3, 0.4) is 0 Å². The molecular formula is C49H37NO3. The number of fused-ring (bicyclic) bond motifs is 15. The average molecular weight is 688 g/mol. The van der Waals surface area contributed by atoms with Gasteiger partial charge in [0.1, 0.15) is 11.5 Å². The summed E-state index contributed by atoms with van der Waals surface area (Å²) in [5, 5.41) is 2.20. The minimum absolute atomic E-state index is 0.516. The van der Waals surface area contributed by atoms with Gasteiger partial charge < -0.3 is 19.1 Å². The molecule has 0 saturated carbocycles. The van der Waals surface area contributed by atoms with Gasteiger partial charge in [0.25, 0.3) is 0 Å². The molecule has 0 radical (unpaired) electrons. The van der Waals surface area contributed by atoms with E-state index in [2.05, 4.69) is 163 Å². The Bertz CT molecular complexity index is 2570. The highest BCUT2D eigenvalue weighted by atomic mass is 16.5. The van der Waals surface area contributed by atoms with Crippen molar-refractivity contribution in [3.63, 3.8) is 0 Å². The van der Waals surface area contributed by atoms with Gasteiger partial charge in [-0.1, -0.05) is 121 Å². The molecule has 256 valence electrons. The number of anilines is 1. The molecule has 2 aliphatic heterocycles. The lowest BCUT2D eigenvalue weighted by Gasteiger charge is -2.39. The first-order valence-corrected chi connectivity index (χ1v) is 18.6. The lowest BCUT2D eigenvalue weighted by Crippen LogP contribution is -2.37. The van der Waals surface area contributed by atoms with Gasteiger partial charge in [0.15, 0.2) is 5.60 Å². The van der Waals surface area contributed by atoms with Crippen molar-refractivity contribution >= 4 is 22.5 Å². The van der Waals surface area contributed by atoms with Gasteiger partial charge in [-0.2, -0.15) is 0 Å². The monoisotopic (exact) mass is 687 g/mol. The summed E-state index contributed by atoms with van der Waals surface area (Å²) < 4.78 is 19.3. The molecule has 0 amide bonds. The van der Waals surface area contributed by atoms with Gasteiger partial charge in [0.2, 0.25) is 0 Å². The predicted molar refractivity (Wildman–Crippen MR) is 213 cm³/mol. The molecule has 7 aromatic rings. The Morgan fingerprint density at radius 3 is 1.89 bits per heavy atom. The molecule has 0 bridgehead atoms. The van der Waals surface area contributed by atoms with E-state index in [4.69, 9.17) is 14.2 Å². The summed E-state index contributed by atoms with van der Waals surface area (Å²) in [5.74, 6) is 1.67. The highest BCUT2D eigenvalue weighted by Gasteiger charge is 2.54. The summed E-state index contributed by atoms with van der Waals surface area (Å²) in [6, 6.07) is 53.1. The lowest BCUT2D eigenvalue weighted by molar-refractivity contribution is 0.122. The second-order valence-corrected chi connectivity index (χ2v) is 14.5. The van der Waals surface area contributed by atoms with Gasteiger partial charge >= 0.3 is 0 Å². The van der Waals surface area contributed by atoms with E-state index in [1.807, 2.05) is 0 Å². The molecular weight excluding hydrogens is 651 g/mol. The van der Waals surface area contributed by atoms with Crippen molar-refractivity contribution in [2.24, 2.45) is 0 Å². The van der Waals surface area contributed by atoms with Crippen LogP contribution in [0.15, 0.2) is 152 Å². The minimum atomic E-state index is -0.869. The fourth-order valence-electron chi connectivity index (χ4n) is 9.78.